The molecule has 2 aromatic carbocycles. The lowest BCUT2D eigenvalue weighted by Gasteiger charge is -2.28. The van der Waals surface area contributed by atoms with Crippen LogP contribution in [0.15, 0.2) is 36.4 Å². The van der Waals surface area contributed by atoms with E-state index in [9.17, 15) is 13.6 Å². The third-order valence-electron chi connectivity index (χ3n) is 3.75. The summed E-state index contributed by atoms with van der Waals surface area (Å²) in [6, 6.07) is 10.4. The first kappa shape index (κ1) is 15.4. The molecular weight excluding hydrogens is 274 g/mol. The minimum atomic E-state index is -3.20. The number of aliphatic carboxylic acids is 1. The van der Waals surface area contributed by atoms with Crippen LogP contribution in [0.4, 0.5) is 8.78 Å². The van der Waals surface area contributed by atoms with Crippen LogP contribution in [0.5, 0.6) is 0 Å². The number of halogens is 2. The van der Waals surface area contributed by atoms with Gasteiger partial charge < -0.3 is 5.11 Å². The summed E-state index contributed by atoms with van der Waals surface area (Å²) >= 11 is 0. The molecule has 2 nitrogen and oxygen atoms in total. The first-order valence-electron chi connectivity index (χ1n) is 6.75. The molecule has 0 amide bonds. The largest absolute Gasteiger partial charge is 0.481 e. The zero-order valence-electron chi connectivity index (χ0n) is 12.3. The van der Waals surface area contributed by atoms with Crippen molar-refractivity contribution in [3.63, 3.8) is 0 Å². The molecule has 0 aliphatic rings. The van der Waals surface area contributed by atoms with Gasteiger partial charge in [-0.2, -0.15) is 0 Å². The van der Waals surface area contributed by atoms with Crippen LogP contribution in [-0.2, 0) is 10.7 Å². The predicted octanol–water partition coefficient (Wildman–Crippen LogP) is 4.74. The van der Waals surface area contributed by atoms with Crippen molar-refractivity contribution in [3.05, 3.63) is 47.5 Å². The van der Waals surface area contributed by atoms with E-state index in [2.05, 4.69) is 0 Å². The first-order chi connectivity index (χ1) is 9.65. The third-order valence-corrected chi connectivity index (χ3v) is 3.75. The van der Waals surface area contributed by atoms with Gasteiger partial charge in [-0.3, -0.25) is 4.79 Å². The molecule has 0 unspecified atom stereocenters. The maximum absolute atomic E-state index is 14.7. The standard InChI is InChI=1S/C17H18F2O2/c1-11-8-9-12-6-4-5-7-13(12)14(11)17(18,19)10-16(2,3)15(20)21/h4-9H,10H2,1-3H3,(H,20,21). The second-order valence-electron chi connectivity index (χ2n) is 6.05. The molecule has 0 atom stereocenters. The van der Waals surface area contributed by atoms with Crippen LogP contribution in [0.25, 0.3) is 10.8 Å². The average molecular weight is 292 g/mol. The second-order valence-corrected chi connectivity index (χ2v) is 6.05. The quantitative estimate of drug-likeness (QED) is 0.883. The van der Waals surface area contributed by atoms with Gasteiger partial charge in [-0.1, -0.05) is 36.4 Å². The Balaban J connectivity index is 2.59. The molecule has 1 N–H and O–H groups in total. The maximum Gasteiger partial charge on any atom is 0.309 e. The fourth-order valence-corrected chi connectivity index (χ4v) is 2.59. The number of carboxylic acids is 1. The molecule has 0 aliphatic heterocycles. The minimum Gasteiger partial charge on any atom is -0.481 e. The summed E-state index contributed by atoms with van der Waals surface area (Å²) in [5.41, 5.74) is -1.10. The summed E-state index contributed by atoms with van der Waals surface area (Å²) in [6.45, 7) is 4.27. The fourth-order valence-electron chi connectivity index (χ4n) is 2.59. The Kier molecular flexibility index (Phi) is 3.74. The predicted molar refractivity (Wildman–Crippen MR) is 78.6 cm³/mol. The van der Waals surface area contributed by atoms with E-state index in [0.717, 1.165) is 5.39 Å². The second kappa shape index (κ2) is 5.10. The summed E-state index contributed by atoms with van der Waals surface area (Å²) in [5.74, 6) is -4.42. The van der Waals surface area contributed by atoms with E-state index in [1.54, 1.807) is 43.3 Å². The maximum atomic E-state index is 14.7. The van der Waals surface area contributed by atoms with Crippen molar-refractivity contribution in [2.45, 2.75) is 33.1 Å². The van der Waals surface area contributed by atoms with Crippen LogP contribution < -0.4 is 0 Å². The van der Waals surface area contributed by atoms with Crippen molar-refractivity contribution in [2.75, 3.05) is 0 Å². The summed E-state index contributed by atoms with van der Waals surface area (Å²) in [7, 11) is 0. The van der Waals surface area contributed by atoms with Crippen molar-refractivity contribution in [1.82, 2.24) is 0 Å². The monoisotopic (exact) mass is 292 g/mol. The van der Waals surface area contributed by atoms with E-state index in [1.165, 1.54) is 13.8 Å². The Morgan fingerprint density at radius 3 is 2.38 bits per heavy atom. The Hall–Kier alpha value is -1.97. The molecule has 0 heterocycles. The lowest BCUT2D eigenvalue weighted by molar-refractivity contribution is -0.153. The molecule has 0 radical (unpaired) electrons. The van der Waals surface area contributed by atoms with Gasteiger partial charge in [-0.05, 0) is 37.1 Å². The van der Waals surface area contributed by atoms with Crippen LogP contribution in [0.1, 0.15) is 31.4 Å². The summed E-state index contributed by atoms with van der Waals surface area (Å²) < 4.78 is 29.5. The highest BCUT2D eigenvalue weighted by Gasteiger charge is 2.43. The Bertz CT molecular complexity index is 690. The normalized spacial score (nSPS) is 12.6. The minimum absolute atomic E-state index is 0.0741. The van der Waals surface area contributed by atoms with Gasteiger partial charge in [0.25, 0.3) is 5.92 Å². The summed E-state index contributed by atoms with van der Waals surface area (Å²) in [5, 5.41) is 10.3. The molecule has 112 valence electrons. The Labute approximate surface area is 122 Å². The molecule has 0 saturated heterocycles. The van der Waals surface area contributed by atoms with Crippen molar-refractivity contribution in [2.24, 2.45) is 5.41 Å². The molecule has 4 heteroatoms. The van der Waals surface area contributed by atoms with Gasteiger partial charge >= 0.3 is 5.97 Å². The van der Waals surface area contributed by atoms with E-state index < -0.39 is 23.7 Å². The van der Waals surface area contributed by atoms with E-state index in [0.29, 0.717) is 10.9 Å². The fraction of sp³-hybridized carbons (Fsp3) is 0.353. The number of carboxylic acid groups (broad SMARTS) is 1. The topological polar surface area (TPSA) is 37.3 Å². The molecule has 0 saturated carbocycles. The smallest absolute Gasteiger partial charge is 0.309 e. The molecule has 21 heavy (non-hydrogen) atoms. The van der Waals surface area contributed by atoms with Gasteiger partial charge in [-0.15, -0.1) is 0 Å². The van der Waals surface area contributed by atoms with Crippen molar-refractivity contribution >= 4 is 16.7 Å². The number of carbonyl (C=O) groups is 1. The van der Waals surface area contributed by atoms with Crippen LogP contribution >= 0.6 is 0 Å². The van der Waals surface area contributed by atoms with Crippen LogP contribution in [0.2, 0.25) is 0 Å². The number of hydrogen-bond donors (Lipinski definition) is 1. The molecule has 0 fully saturated rings. The summed E-state index contributed by atoms with van der Waals surface area (Å²) in [6.07, 6.45) is -0.732. The SMILES string of the molecule is Cc1ccc2ccccc2c1C(F)(F)CC(C)(C)C(=O)O. The van der Waals surface area contributed by atoms with Gasteiger partial charge in [-0.25, -0.2) is 8.78 Å². The molecule has 2 rings (SSSR count). The highest BCUT2D eigenvalue weighted by molar-refractivity contribution is 5.87. The van der Waals surface area contributed by atoms with E-state index >= 15 is 0 Å². The molecule has 0 spiro atoms. The third kappa shape index (κ3) is 2.89. The van der Waals surface area contributed by atoms with E-state index in [4.69, 9.17) is 5.11 Å². The number of aryl methyl sites for hydroxylation is 1. The first-order valence-corrected chi connectivity index (χ1v) is 6.75. The average Bonchev–Trinajstić information content (AvgIpc) is 2.36. The van der Waals surface area contributed by atoms with E-state index in [-0.39, 0.29) is 5.56 Å². The molecule has 2 aromatic rings. The lowest BCUT2D eigenvalue weighted by atomic mass is 9.82. The van der Waals surface area contributed by atoms with Crippen LogP contribution in [0.3, 0.4) is 0 Å². The van der Waals surface area contributed by atoms with Crippen molar-refractivity contribution < 1.29 is 18.7 Å². The van der Waals surface area contributed by atoms with Gasteiger partial charge in [0.2, 0.25) is 0 Å². The Morgan fingerprint density at radius 2 is 1.76 bits per heavy atom. The number of benzene rings is 2. The van der Waals surface area contributed by atoms with Crippen LogP contribution in [0, 0.1) is 12.3 Å². The van der Waals surface area contributed by atoms with Gasteiger partial charge in [0.15, 0.2) is 0 Å². The molecule has 0 aromatic heterocycles. The van der Waals surface area contributed by atoms with Crippen LogP contribution in [-0.4, -0.2) is 11.1 Å². The lowest BCUT2D eigenvalue weighted by Crippen LogP contribution is -2.31. The van der Waals surface area contributed by atoms with E-state index in [1.807, 2.05) is 0 Å². The zero-order valence-corrected chi connectivity index (χ0v) is 12.3. The molecular formula is C17H18F2O2. The number of rotatable bonds is 4. The summed E-state index contributed by atoms with van der Waals surface area (Å²) in [4.78, 5) is 11.1. The van der Waals surface area contributed by atoms with Crippen molar-refractivity contribution in [3.8, 4) is 0 Å². The number of hydrogen-bond acceptors (Lipinski definition) is 1. The van der Waals surface area contributed by atoms with Gasteiger partial charge in [0.1, 0.15) is 0 Å². The number of fused-ring (bicyclic) bond motifs is 1. The number of alkyl halides is 2. The molecule has 0 bridgehead atoms. The highest BCUT2D eigenvalue weighted by atomic mass is 19.3. The highest BCUT2D eigenvalue weighted by Crippen LogP contribution is 2.43. The Morgan fingerprint density at radius 1 is 1.14 bits per heavy atom. The molecule has 0 aliphatic carbocycles. The van der Waals surface area contributed by atoms with Gasteiger partial charge in [0, 0.05) is 12.0 Å². The van der Waals surface area contributed by atoms with Crippen molar-refractivity contribution in [1.29, 1.82) is 0 Å². The van der Waals surface area contributed by atoms with Gasteiger partial charge in [0.05, 0.1) is 5.41 Å². The zero-order chi connectivity index (χ0) is 15.8.